The molecular weight excluding hydrogens is 324 g/mol. The number of benzene rings is 1. The van der Waals surface area contributed by atoms with Gasteiger partial charge in [0.25, 0.3) is 0 Å². The molecule has 2 saturated heterocycles. The van der Waals surface area contributed by atoms with Crippen LogP contribution in [0.15, 0.2) is 24.3 Å². The second kappa shape index (κ2) is 6.93. The van der Waals surface area contributed by atoms with E-state index >= 15 is 0 Å². The quantitative estimate of drug-likeness (QED) is 0.880. The molecule has 4 nitrogen and oxygen atoms in total. The molecule has 0 aromatic heterocycles. The summed E-state index contributed by atoms with van der Waals surface area (Å²) in [5.74, 6) is 0. The van der Waals surface area contributed by atoms with Gasteiger partial charge in [-0.2, -0.15) is 0 Å². The summed E-state index contributed by atoms with van der Waals surface area (Å²) in [6, 6.07) is 9.42. The summed E-state index contributed by atoms with van der Waals surface area (Å²) in [7, 11) is 0. The van der Waals surface area contributed by atoms with Gasteiger partial charge in [0.1, 0.15) is 5.60 Å². The molecule has 1 unspecified atom stereocenters. The number of rotatable bonds is 3. The average molecular weight is 351 g/mol. The van der Waals surface area contributed by atoms with E-state index in [1.165, 1.54) is 18.4 Å². The van der Waals surface area contributed by atoms with Crippen LogP contribution in [0.2, 0.25) is 5.02 Å². The van der Waals surface area contributed by atoms with Crippen LogP contribution in [0.3, 0.4) is 0 Å². The molecule has 3 atom stereocenters. The molecule has 2 bridgehead atoms. The van der Waals surface area contributed by atoms with E-state index in [1.807, 2.05) is 32.9 Å². The Morgan fingerprint density at radius 1 is 1.21 bits per heavy atom. The highest BCUT2D eigenvalue weighted by Gasteiger charge is 2.41. The van der Waals surface area contributed by atoms with E-state index in [0.29, 0.717) is 12.1 Å². The van der Waals surface area contributed by atoms with E-state index in [-0.39, 0.29) is 12.1 Å². The second-order valence-electron chi connectivity index (χ2n) is 8.00. The van der Waals surface area contributed by atoms with Gasteiger partial charge in [-0.05, 0) is 64.2 Å². The standard InChI is InChI=1S/C19H27ClN2O2/c1-19(2,3)24-18(23)21-15-10-16-8-9-17(11-15)22(16)12-13-4-6-14(20)7-5-13/h4-7,15-17H,8-12H2,1-3H3,(H,21,23)/t15?,16-,17+. The van der Waals surface area contributed by atoms with Gasteiger partial charge in [0.15, 0.2) is 0 Å². The van der Waals surface area contributed by atoms with Crippen molar-refractivity contribution in [2.45, 2.75) is 76.7 Å². The lowest BCUT2D eigenvalue weighted by Crippen LogP contribution is -2.50. The van der Waals surface area contributed by atoms with Crippen molar-refractivity contribution in [3.8, 4) is 0 Å². The minimum absolute atomic E-state index is 0.221. The molecule has 24 heavy (non-hydrogen) atoms. The number of nitrogens with zero attached hydrogens (tertiary/aromatic N) is 1. The van der Waals surface area contributed by atoms with Crippen molar-refractivity contribution in [1.82, 2.24) is 10.2 Å². The van der Waals surface area contributed by atoms with Gasteiger partial charge >= 0.3 is 6.09 Å². The fraction of sp³-hybridized carbons (Fsp3) is 0.632. The maximum absolute atomic E-state index is 12.0. The van der Waals surface area contributed by atoms with Crippen LogP contribution in [0.1, 0.15) is 52.0 Å². The highest BCUT2D eigenvalue weighted by Crippen LogP contribution is 2.37. The number of ether oxygens (including phenoxy) is 1. The monoisotopic (exact) mass is 350 g/mol. The first-order valence-corrected chi connectivity index (χ1v) is 9.18. The molecule has 0 spiro atoms. The normalized spacial score (nSPS) is 27.1. The number of amides is 1. The van der Waals surface area contributed by atoms with Gasteiger partial charge < -0.3 is 10.1 Å². The molecule has 2 aliphatic rings. The highest BCUT2D eigenvalue weighted by molar-refractivity contribution is 6.30. The third-order valence-corrected chi connectivity index (χ3v) is 5.14. The largest absolute Gasteiger partial charge is 0.444 e. The topological polar surface area (TPSA) is 41.6 Å². The second-order valence-corrected chi connectivity index (χ2v) is 8.43. The molecule has 1 amide bonds. The molecular formula is C19H27ClN2O2. The SMILES string of the molecule is CC(C)(C)OC(=O)NC1C[C@H]2CC[C@@H](C1)N2Cc1ccc(Cl)cc1. The number of carbonyl (C=O) groups excluding carboxylic acids is 1. The van der Waals surface area contributed by atoms with E-state index in [2.05, 4.69) is 22.3 Å². The lowest BCUT2D eigenvalue weighted by Gasteiger charge is -2.39. The Morgan fingerprint density at radius 3 is 2.33 bits per heavy atom. The molecule has 0 radical (unpaired) electrons. The highest BCUT2D eigenvalue weighted by atomic mass is 35.5. The van der Waals surface area contributed by atoms with Crippen LogP contribution in [-0.4, -0.2) is 34.7 Å². The first kappa shape index (κ1) is 17.6. The van der Waals surface area contributed by atoms with Gasteiger partial charge in [-0.3, -0.25) is 4.90 Å². The van der Waals surface area contributed by atoms with E-state index in [1.54, 1.807) is 0 Å². The van der Waals surface area contributed by atoms with Crippen LogP contribution in [0.5, 0.6) is 0 Å². The first-order valence-electron chi connectivity index (χ1n) is 8.80. The lowest BCUT2D eigenvalue weighted by atomic mass is 9.96. The fourth-order valence-corrected chi connectivity index (χ4v) is 4.05. The summed E-state index contributed by atoms with van der Waals surface area (Å²) >= 11 is 5.97. The number of alkyl carbamates (subject to hydrolysis) is 1. The van der Waals surface area contributed by atoms with Crippen LogP contribution in [0, 0.1) is 0 Å². The zero-order valence-corrected chi connectivity index (χ0v) is 15.5. The molecule has 5 heteroatoms. The Kier molecular flexibility index (Phi) is 5.07. The Labute approximate surface area is 149 Å². The molecule has 2 aliphatic heterocycles. The Morgan fingerprint density at radius 2 is 1.79 bits per heavy atom. The molecule has 1 aromatic rings. The minimum atomic E-state index is -0.446. The van der Waals surface area contributed by atoms with Gasteiger partial charge in [0.05, 0.1) is 0 Å². The Hall–Kier alpha value is -1.26. The summed E-state index contributed by atoms with van der Waals surface area (Å²) in [5.41, 5.74) is 0.855. The van der Waals surface area contributed by atoms with Crippen molar-refractivity contribution >= 4 is 17.7 Å². The number of hydrogen-bond donors (Lipinski definition) is 1. The van der Waals surface area contributed by atoms with Gasteiger partial charge in [-0.1, -0.05) is 23.7 Å². The molecule has 1 N–H and O–H groups in total. The molecule has 0 saturated carbocycles. The van der Waals surface area contributed by atoms with Gasteiger partial charge in [0.2, 0.25) is 0 Å². The summed E-state index contributed by atoms with van der Waals surface area (Å²) in [4.78, 5) is 14.6. The summed E-state index contributed by atoms with van der Waals surface area (Å²) < 4.78 is 5.39. The van der Waals surface area contributed by atoms with Crippen LogP contribution in [0.4, 0.5) is 4.79 Å². The summed E-state index contributed by atoms with van der Waals surface area (Å²) in [6.45, 7) is 6.65. The average Bonchev–Trinajstić information content (AvgIpc) is 2.70. The van der Waals surface area contributed by atoms with E-state index < -0.39 is 5.60 Å². The van der Waals surface area contributed by atoms with Gasteiger partial charge in [-0.25, -0.2) is 4.79 Å². The molecule has 0 aliphatic carbocycles. The third-order valence-electron chi connectivity index (χ3n) is 4.88. The zero-order chi connectivity index (χ0) is 17.3. The van der Waals surface area contributed by atoms with Crippen LogP contribution in [0.25, 0.3) is 0 Å². The van der Waals surface area contributed by atoms with Crippen molar-refractivity contribution < 1.29 is 9.53 Å². The van der Waals surface area contributed by atoms with Crippen molar-refractivity contribution in [2.24, 2.45) is 0 Å². The van der Waals surface area contributed by atoms with Crippen LogP contribution in [-0.2, 0) is 11.3 Å². The number of hydrogen-bond acceptors (Lipinski definition) is 3. The maximum atomic E-state index is 12.0. The fourth-order valence-electron chi connectivity index (χ4n) is 3.93. The van der Waals surface area contributed by atoms with E-state index in [4.69, 9.17) is 16.3 Å². The van der Waals surface area contributed by atoms with Gasteiger partial charge in [0, 0.05) is 29.7 Å². The van der Waals surface area contributed by atoms with E-state index in [9.17, 15) is 4.79 Å². The number of halogens is 1. The predicted molar refractivity (Wildman–Crippen MR) is 96.2 cm³/mol. The lowest BCUT2D eigenvalue weighted by molar-refractivity contribution is 0.0436. The van der Waals surface area contributed by atoms with Gasteiger partial charge in [-0.15, -0.1) is 0 Å². The molecule has 2 heterocycles. The molecule has 132 valence electrons. The minimum Gasteiger partial charge on any atom is -0.444 e. The maximum Gasteiger partial charge on any atom is 0.407 e. The number of nitrogens with one attached hydrogen (secondary N) is 1. The van der Waals surface area contributed by atoms with Crippen molar-refractivity contribution in [3.63, 3.8) is 0 Å². The third kappa shape index (κ3) is 4.42. The molecule has 3 rings (SSSR count). The summed E-state index contributed by atoms with van der Waals surface area (Å²) in [5, 5.41) is 3.84. The first-order chi connectivity index (χ1) is 11.3. The smallest absolute Gasteiger partial charge is 0.407 e. The number of carbonyl (C=O) groups is 1. The van der Waals surface area contributed by atoms with E-state index in [0.717, 1.165) is 24.4 Å². The van der Waals surface area contributed by atoms with Crippen molar-refractivity contribution in [3.05, 3.63) is 34.9 Å². The molecule has 2 fully saturated rings. The predicted octanol–water partition coefficient (Wildman–Crippen LogP) is 4.36. The van der Waals surface area contributed by atoms with Crippen molar-refractivity contribution in [2.75, 3.05) is 0 Å². The Balaban J connectivity index is 1.56. The Bertz CT molecular complexity index is 568. The van der Waals surface area contributed by atoms with Crippen LogP contribution < -0.4 is 5.32 Å². The zero-order valence-electron chi connectivity index (χ0n) is 14.7. The van der Waals surface area contributed by atoms with Crippen molar-refractivity contribution in [1.29, 1.82) is 0 Å². The number of fused-ring (bicyclic) bond motifs is 2. The number of piperidine rings is 1. The molecule has 1 aromatic carbocycles. The summed E-state index contributed by atoms with van der Waals surface area (Å²) in [6.07, 6.45) is 4.14. The van der Waals surface area contributed by atoms with Crippen LogP contribution >= 0.6 is 11.6 Å².